The highest BCUT2D eigenvalue weighted by Crippen LogP contribution is 2.17. The first-order valence-corrected chi connectivity index (χ1v) is 6.22. The van der Waals surface area contributed by atoms with Crippen molar-refractivity contribution in [3.05, 3.63) is 53.9 Å². The molecule has 0 spiro atoms. The minimum atomic E-state index is -0.158. The monoisotopic (exact) mass is 254 g/mol. The second-order valence-corrected chi connectivity index (χ2v) is 4.47. The largest absolute Gasteiger partial charge is 0.473 e. The number of aryl methyl sites for hydroxylation is 1. The van der Waals surface area contributed by atoms with Gasteiger partial charge < -0.3 is 9.30 Å². The van der Waals surface area contributed by atoms with Crippen LogP contribution in [-0.2, 0) is 4.74 Å². The number of nitrogens with zero attached hydrogens (tertiary/aromatic N) is 2. The van der Waals surface area contributed by atoms with Crippen molar-refractivity contribution >= 4 is 11.7 Å². The van der Waals surface area contributed by atoms with E-state index in [0.717, 1.165) is 11.3 Å². The van der Waals surface area contributed by atoms with Crippen LogP contribution >= 0.6 is 0 Å². The fourth-order valence-corrected chi connectivity index (χ4v) is 2.15. The minimum Gasteiger partial charge on any atom is -0.473 e. The molecule has 0 bridgehead atoms. The molecule has 0 radical (unpaired) electrons. The van der Waals surface area contributed by atoms with E-state index in [2.05, 4.69) is 4.99 Å². The number of aliphatic imine (C=N–C) groups is 1. The van der Waals surface area contributed by atoms with Crippen LogP contribution in [0.5, 0.6) is 0 Å². The lowest BCUT2D eigenvalue weighted by Crippen LogP contribution is -2.17. The van der Waals surface area contributed by atoms with Gasteiger partial charge in [0.2, 0.25) is 0 Å². The van der Waals surface area contributed by atoms with Gasteiger partial charge in [-0.2, -0.15) is 0 Å². The van der Waals surface area contributed by atoms with Crippen molar-refractivity contribution in [2.75, 3.05) is 13.2 Å². The molecular weight excluding hydrogens is 240 g/mol. The van der Waals surface area contributed by atoms with Gasteiger partial charge in [0.1, 0.15) is 6.61 Å². The van der Waals surface area contributed by atoms with E-state index in [1.807, 2.05) is 54.1 Å². The molecule has 4 heteroatoms. The van der Waals surface area contributed by atoms with E-state index in [9.17, 15) is 4.79 Å². The summed E-state index contributed by atoms with van der Waals surface area (Å²) in [5.74, 6) is 0.0599. The molecule has 2 heterocycles. The summed E-state index contributed by atoms with van der Waals surface area (Å²) in [5.41, 5.74) is 2.58. The van der Waals surface area contributed by atoms with Crippen LogP contribution in [0.25, 0.3) is 5.69 Å². The molecule has 19 heavy (non-hydrogen) atoms. The number of carbonyl (C=O) groups excluding carboxylic acids is 1. The van der Waals surface area contributed by atoms with Gasteiger partial charge in [-0.15, -0.1) is 0 Å². The van der Waals surface area contributed by atoms with Gasteiger partial charge in [-0.3, -0.25) is 4.79 Å². The first-order valence-electron chi connectivity index (χ1n) is 6.22. The predicted octanol–water partition coefficient (Wildman–Crippen LogP) is 2.40. The Bertz CT molecular complexity index is 641. The Morgan fingerprint density at radius 3 is 2.79 bits per heavy atom. The molecule has 1 aromatic heterocycles. The molecule has 4 nitrogen and oxygen atoms in total. The molecule has 1 aliphatic rings. The molecule has 0 N–H and O–H groups in total. The Labute approximate surface area is 111 Å². The summed E-state index contributed by atoms with van der Waals surface area (Å²) < 4.78 is 7.13. The Morgan fingerprint density at radius 1 is 1.32 bits per heavy atom. The number of carbonyl (C=O) groups is 1. The average molecular weight is 254 g/mol. The smallest absolute Gasteiger partial charge is 0.263 e. The summed E-state index contributed by atoms with van der Waals surface area (Å²) >= 11 is 0. The summed E-state index contributed by atoms with van der Waals surface area (Å²) in [6.45, 7) is 3.02. The molecule has 96 valence electrons. The number of rotatable bonds is 3. The lowest BCUT2D eigenvalue weighted by molar-refractivity contribution is 0.103. The van der Waals surface area contributed by atoms with Crippen molar-refractivity contribution in [2.24, 2.45) is 4.99 Å². The molecular formula is C15H14N2O2. The minimum absolute atomic E-state index is 0.158. The summed E-state index contributed by atoms with van der Waals surface area (Å²) in [5, 5.41) is 0. The van der Waals surface area contributed by atoms with Crippen molar-refractivity contribution in [1.82, 2.24) is 4.57 Å². The molecule has 0 aliphatic carbocycles. The van der Waals surface area contributed by atoms with E-state index in [-0.39, 0.29) is 11.7 Å². The number of aromatic nitrogens is 1. The number of hydrogen-bond donors (Lipinski definition) is 0. The second kappa shape index (κ2) is 4.72. The Hall–Kier alpha value is -2.36. The fourth-order valence-electron chi connectivity index (χ4n) is 2.15. The predicted molar refractivity (Wildman–Crippen MR) is 73.1 cm³/mol. The molecule has 0 atom stereocenters. The molecule has 0 unspecified atom stereocenters. The number of para-hydroxylation sites is 1. The maximum atomic E-state index is 12.4. The van der Waals surface area contributed by atoms with Gasteiger partial charge in [0.25, 0.3) is 11.7 Å². The summed E-state index contributed by atoms with van der Waals surface area (Å²) in [6, 6.07) is 11.6. The van der Waals surface area contributed by atoms with Gasteiger partial charge in [0, 0.05) is 11.9 Å². The van der Waals surface area contributed by atoms with Gasteiger partial charge in [0.05, 0.1) is 12.2 Å². The SMILES string of the molecule is Cc1cc(C(=O)C2=NCCO2)n(-c2ccccc2)c1. The third-order valence-electron chi connectivity index (χ3n) is 3.00. The second-order valence-electron chi connectivity index (χ2n) is 4.47. The Morgan fingerprint density at radius 2 is 2.11 bits per heavy atom. The third kappa shape index (κ3) is 2.17. The zero-order valence-corrected chi connectivity index (χ0v) is 10.7. The molecule has 2 aromatic rings. The highest BCUT2D eigenvalue weighted by atomic mass is 16.5. The van der Waals surface area contributed by atoms with Gasteiger partial charge in [-0.25, -0.2) is 4.99 Å². The van der Waals surface area contributed by atoms with Crippen LogP contribution in [-0.4, -0.2) is 29.4 Å². The van der Waals surface area contributed by atoms with Crippen LogP contribution in [0.4, 0.5) is 0 Å². The maximum absolute atomic E-state index is 12.4. The molecule has 1 aromatic carbocycles. The van der Waals surface area contributed by atoms with Crippen LogP contribution in [0.2, 0.25) is 0 Å². The van der Waals surface area contributed by atoms with Crippen molar-refractivity contribution in [2.45, 2.75) is 6.92 Å². The number of ether oxygens (including phenoxy) is 1. The fraction of sp³-hybridized carbons (Fsp3) is 0.200. The van der Waals surface area contributed by atoms with E-state index in [0.29, 0.717) is 18.8 Å². The average Bonchev–Trinajstić information content (AvgIpc) is 3.08. The van der Waals surface area contributed by atoms with Crippen molar-refractivity contribution < 1.29 is 9.53 Å². The summed E-state index contributed by atoms with van der Waals surface area (Å²) in [6.07, 6.45) is 1.94. The van der Waals surface area contributed by atoms with E-state index in [1.165, 1.54) is 0 Å². The molecule has 3 rings (SSSR count). The zero-order chi connectivity index (χ0) is 13.2. The lowest BCUT2D eigenvalue weighted by Gasteiger charge is -2.08. The van der Waals surface area contributed by atoms with E-state index in [1.54, 1.807) is 0 Å². The van der Waals surface area contributed by atoms with E-state index in [4.69, 9.17) is 4.74 Å². The van der Waals surface area contributed by atoms with Crippen LogP contribution < -0.4 is 0 Å². The van der Waals surface area contributed by atoms with Crippen LogP contribution in [0.3, 0.4) is 0 Å². The maximum Gasteiger partial charge on any atom is 0.263 e. The first kappa shape index (κ1) is 11.7. The van der Waals surface area contributed by atoms with Crippen molar-refractivity contribution in [3.63, 3.8) is 0 Å². The molecule has 0 saturated heterocycles. The number of ketones is 1. The molecule has 1 aliphatic heterocycles. The summed E-state index contributed by atoms with van der Waals surface area (Å²) in [4.78, 5) is 16.5. The molecule has 0 saturated carbocycles. The van der Waals surface area contributed by atoms with Gasteiger partial charge in [0.15, 0.2) is 0 Å². The first-order chi connectivity index (χ1) is 9.25. The van der Waals surface area contributed by atoms with Crippen LogP contribution in [0, 0.1) is 6.92 Å². The Kier molecular flexibility index (Phi) is 2.91. The van der Waals surface area contributed by atoms with Crippen molar-refractivity contribution in [1.29, 1.82) is 0 Å². The quantitative estimate of drug-likeness (QED) is 0.789. The van der Waals surface area contributed by atoms with Gasteiger partial charge in [-0.05, 0) is 30.7 Å². The highest BCUT2D eigenvalue weighted by Gasteiger charge is 2.23. The normalized spacial score (nSPS) is 14.1. The summed E-state index contributed by atoms with van der Waals surface area (Å²) in [7, 11) is 0. The van der Waals surface area contributed by atoms with Crippen LogP contribution in [0.15, 0.2) is 47.6 Å². The topological polar surface area (TPSA) is 43.6 Å². The number of hydrogen-bond acceptors (Lipinski definition) is 3. The molecule has 0 fully saturated rings. The van der Waals surface area contributed by atoms with Gasteiger partial charge in [-0.1, -0.05) is 18.2 Å². The van der Waals surface area contributed by atoms with E-state index >= 15 is 0 Å². The zero-order valence-electron chi connectivity index (χ0n) is 10.7. The lowest BCUT2D eigenvalue weighted by atomic mass is 10.2. The van der Waals surface area contributed by atoms with Crippen molar-refractivity contribution in [3.8, 4) is 5.69 Å². The molecule has 0 amide bonds. The van der Waals surface area contributed by atoms with Gasteiger partial charge >= 0.3 is 0 Å². The Balaban J connectivity index is 2.05. The van der Waals surface area contributed by atoms with Crippen LogP contribution in [0.1, 0.15) is 16.1 Å². The standard InChI is InChI=1S/C15H14N2O2/c1-11-9-13(14(18)15-16-7-8-19-15)17(10-11)12-5-3-2-4-6-12/h2-6,9-10H,7-8H2,1H3. The third-order valence-corrected chi connectivity index (χ3v) is 3.00. The highest BCUT2D eigenvalue weighted by molar-refractivity contribution is 6.42. The number of benzene rings is 1. The number of Topliss-reactive ketones (excluding diaryl/α,β-unsaturated/α-hetero) is 1. The van der Waals surface area contributed by atoms with E-state index < -0.39 is 0 Å².